The monoisotopic (exact) mass is 257 g/mol. The van der Waals surface area contributed by atoms with E-state index in [9.17, 15) is 9.59 Å². The van der Waals surface area contributed by atoms with Crippen molar-refractivity contribution in [3.8, 4) is 0 Å². The number of aryl methyl sites for hydroxylation is 1. The lowest BCUT2D eigenvalue weighted by molar-refractivity contribution is 0.0970. The van der Waals surface area contributed by atoms with Crippen LogP contribution in [0, 0.1) is 0 Å². The van der Waals surface area contributed by atoms with E-state index in [1.807, 2.05) is 17.8 Å². The molecule has 0 N–H and O–H groups in total. The Bertz CT molecular complexity index is 697. The van der Waals surface area contributed by atoms with Crippen LogP contribution in [0.2, 0.25) is 0 Å². The van der Waals surface area contributed by atoms with Crippen molar-refractivity contribution in [3.63, 3.8) is 0 Å². The largest absolute Gasteiger partial charge is 0.337 e. The van der Waals surface area contributed by atoms with Gasteiger partial charge in [-0.15, -0.1) is 0 Å². The number of nitrogens with zero attached hydrogens (tertiary/aromatic N) is 3. The molecule has 0 saturated heterocycles. The summed E-state index contributed by atoms with van der Waals surface area (Å²) >= 11 is 0. The van der Waals surface area contributed by atoms with E-state index >= 15 is 0 Å². The van der Waals surface area contributed by atoms with Crippen molar-refractivity contribution in [1.82, 2.24) is 14.1 Å². The maximum atomic E-state index is 12.0. The third kappa shape index (κ3) is 2.01. The zero-order chi connectivity index (χ0) is 13.4. The molecule has 0 bridgehead atoms. The molecule has 2 aromatic heterocycles. The van der Waals surface area contributed by atoms with Crippen LogP contribution in [0.25, 0.3) is 0 Å². The summed E-state index contributed by atoms with van der Waals surface area (Å²) in [6.45, 7) is 0.415. The van der Waals surface area contributed by atoms with Crippen LogP contribution >= 0.6 is 0 Å². The normalized spacial score (nSPS) is 14.5. The van der Waals surface area contributed by atoms with E-state index in [2.05, 4.69) is 4.98 Å². The Hall–Kier alpha value is -2.17. The van der Waals surface area contributed by atoms with Gasteiger partial charge in [0.25, 0.3) is 5.56 Å². The highest BCUT2D eigenvalue weighted by molar-refractivity contribution is 5.97. The maximum absolute atomic E-state index is 12.0. The second-order valence-electron chi connectivity index (χ2n) is 4.85. The molecule has 19 heavy (non-hydrogen) atoms. The summed E-state index contributed by atoms with van der Waals surface area (Å²) < 4.78 is 3.56. The number of carbonyl (C=O) groups is 1. The molecule has 0 aromatic carbocycles. The first-order chi connectivity index (χ1) is 9.16. The molecular formula is C14H15N3O2. The van der Waals surface area contributed by atoms with E-state index in [4.69, 9.17) is 0 Å². The Kier molecular flexibility index (Phi) is 2.81. The van der Waals surface area contributed by atoms with Gasteiger partial charge in [0.15, 0.2) is 5.78 Å². The van der Waals surface area contributed by atoms with E-state index in [0.717, 1.165) is 24.4 Å². The summed E-state index contributed by atoms with van der Waals surface area (Å²) in [5.41, 5.74) is 1.48. The van der Waals surface area contributed by atoms with Crippen molar-refractivity contribution in [1.29, 1.82) is 0 Å². The fourth-order valence-electron chi connectivity index (χ4n) is 2.56. The van der Waals surface area contributed by atoms with Crippen molar-refractivity contribution in [2.75, 3.05) is 0 Å². The van der Waals surface area contributed by atoms with Crippen LogP contribution in [-0.4, -0.2) is 19.9 Å². The Morgan fingerprint density at radius 2 is 2.11 bits per heavy atom. The number of Topliss-reactive ketones (excluding diaryl/α,β-unsaturated/α-hetero) is 1. The summed E-state index contributed by atoms with van der Waals surface area (Å²) in [5, 5.41) is 0. The molecule has 0 unspecified atom stereocenters. The number of carbonyl (C=O) groups excluding carboxylic acids is 1. The highest BCUT2D eigenvalue weighted by atomic mass is 16.1. The van der Waals surface area contributed by atoms with Crippen LogP contribution in [0.5, 0.6) is 0 Å². The van der Waals surface area contributed by atoms with Gasteiger partial charge in [-0.05, 0) is 18.9 Å². The number of hydrogen-bond acceptors (Lipinski definition) is 3. The first-order valence-corrected chi connectivity index (χ1v) is 6.39. The van der Waals surface area contributed by atoms with Gasteiger partial charge in [0.1, 0.15) is 5.82 Å². The quantitative estimate of drug-likeness (QED) is 0.811. The predicted octanol–water partition coefficient (Wildman–Crippen LogP) is 1.15. The SMILES string of the molecule is Cn1ccnc1Cn1c2c(ccc1=O)C(=O)CCC2. The van der Waals surface area contributed by atoms with Crippen molar-refractivity contribution in [3.05, 3.63) is 52.0 Å². The zero-order valence-corrected chi connectivity index (χ0v) is 10.8. The van der Waals surface area contributed by atoms with Gasteiger partial charge in [-0.1, -0.05) is 0 Å². The van der Waals surface area contributed by atoms with E-state index in [1.165, 1.54) is 6.07 Å². The molecule has 2 aromatic rings. The van der Waals surface area contributed by atoms with Crippen LogP contribution in [0.4, 0.5) is 0 Å². The molecule has 0 saturated carbocycles. The van der Waals surface area contributed by atoms with Gasteiger partial charge >= 0.3 is 0 Å². The smallest absolute Gasteiger partial charge is 0.251 e. The van der Waals surface area contributed by atoms with Crippen LogP contribution in [0.15, 0.2) is 29.3 Å². The summed E-state index contributed by atoms with van der Waals surface area (Å²) in [7, 11) is 1.90. The Labute approximate surface area is 110 Å². The molecular weight excluding hydrogens is 242 g/mol. The zero-order valence-electron chi connectivity index (χ0n) is 10.8. The molecule has 2 heterocycles. The third-order valence-electron chi connectivity index (χ3n) is 3.63. The standard InChI is InChI=1S/C14H15N3O2/c1-16-8-7-15-13(16)9-17-11-3-2-4-12(18)10(11)5-6-14(17)19/h5-8H,2-4,9H2,1H3. The molecule has 0 spiro atoms. The van der Waals surface area contributed by atoms with Gasteiger partial charge in [-0.25, -0.2) is 4.98 Å². The van der Waals surface area contributed by atoms with E-state index in [1.54, 1.807) is 16.8 Å². The minimum absolute atomic E-state index is 0.0727. The highest BCUT2D eigenvalue weighted by Gasteiger charge is 2.21. The molecule has 0 aliphatic heterocycles. The average Bonchev–Trinajstić information content (AvgIpc) is 2.79. The molecule has 0 atom stereocenters. The second-order valence-corrected chi connectivity index (χ2v) is 4.85. The molecule has 1 aliphatic carbocycles. The van der Waals surface area contributed by atoms with Gasteiger partial charge in [-0.3, -0.25) is 9.59 Å². The molecule has 0 radical (unpaired) electrons. The predicted molar refractivity (Wildman–Crippen MR) is 70.3 cm³/mol. The number of ketones is 1. The average molecular weight is 257 g/mol. The van der Waals surface area contributed by atoms with E-state index in [-0.39, 0.29) is 11.3 Å². The second kappa shape index (κ2) is 4.50. The van der Waals surface area contributed by atoms with E-state index in [0.29, 0.717) is 18.5 Å². The fraction of sp³-hybridized carbons (Fsp3) is 0.357. The van der Waals surface area contributed by atoms with Crippen molar-refractivity contribution in [2.24, 2.45) is 7.05 Å². The Balaban J connectivity index is 2.10. The number of aromatic nitrogens is 3. The van der Waals surface area contributed by atoms with Gasteiger partial charge < -0.3 is 9.13 Å². The maximum Gasteiger partial charge on any atom is 0.251 e. The molecule has 5 nitrogen and oxygen atoms in total. The molecule has 0 amide bonds. The van der Waals surface area contributed by atoms with Crippen LogP contribution in [0.1, 0.15) is 34.7 Å². The molecule has 5 heteroatoms. The van der Waals surface area contributed by atoms with Gasteiger partial charge in [0.2, 0.25) is 0 Å². The molecule has 0 fully saturated rings. The van der Waals surface area contributed by atoms with Crippen molar-refractivity contribution >= 4 is 5.78 Å². The third-order valence-corrected chi connectivity index (χ3v) is 3.63. The number of imidazole rings is 1. The van der Waals surface area contributed by atoms with Gasteiger partial charge in [-0.2, -0.15) is 0 Å². The van der Waals surface area contributed by atoms with Gasteiger partial charge in [0, 0.05) is 43.2 Å². The number of fused-ring (bicyclic) bond motifs is 1. The topological polar surface area (TPSA) is 56.9 Å². The number of rotatable bonds is 2. The minimum Gasteiger partial charge on any atom is -0.337 e. The lowest BCUT2D eigenvalue weighted by atomic mass is 9.94. The summed E-state index contributed by atoms with van der Waals surface area (Å²) in [4.78, 5) is 28.2. The highest BCUT2D eigenvalue weighted by Crippen LogP contribution is 2.20. The lowest BCUT2D eigenvalue weighted by Crippen LogP contribution is -2.29. The van der Waals surface area contributed by atoms with Crippen LogP contribution < -0.4 is 5.56 Å². The van der Waals surface area contributed by atoms with Crippen LogP contribution in [-0.2, 0) is 20.0 Å². The Morgan fingerprint density at radius 1 is 1.26 bits per heavy atom. The molecule has 3 rings (SSSR count). The Morgan fingerprint density at radius 3 is 2.84 bits per heavy atom. The van der Waals surface area contributed by atoms with Gasteiger partial charge in [0.05, 0.1) is 6.54 Å². The fourth-order valence-corrected chi connectivity index (χ4v) is 2.56. The minimum atomic E-state index is -0.0727. The van der Waals surface area contributed by atoms with Crippen molar-refractivity contribution < 1.29 is 4.79 Å². The first kappa shape index (κ1) is 11.9. The van der Waals surface area contributed by atoms with Crippen LogP contribution in [0.3, 0.4) is 0 Å². The summed E-state index contributed by atoms with van der Waals surface area (Å²) in [6.07, 6.45) is 5.73. The number of hydrogen-bond donors (Lipinski definition) is 0. The number of pyridine rings is 1. The van der Waals surface area contributed by atoms with Crippen molar-refractivity contribution in [2.45, 2.75) is 25.8 Å². The molecule has 1 aliphatic rings. The molecule has 98 valence electrons. The summed E-state index contributed by atoms with van der Waals surface area (Å²) in [6, 6.07) is 3.14. The lowest BCUT2D eigenvalue weighted by Gasteiger charge is -2.19. The first-order valence-electron chi connectivity index (χ1n) is 6.39. The van der Waals surface area contributed by atoms with E-state index < -0.39 is 0 Å². The summed E-state index contributed by atoms with van der Waals surface area (Å²) in [5.74, 6) is 0.948.